The number of carboxylic acid groups (broad SMARTS) is 1. The van der Waals surface area contributed by atoms with E-state index in [-0.39, 0.29) is 23.2 Å². The maximum Gasteiger partial charge on any atom is 0.339 e. The Labute approximate surface area is 138 Å². The predicted molar refractivity (Wildman–Crippen MR) is 85.0 cm³/mol. The van der Waals surface area contributed by atoms with E-state index in [2.05, 4.69) is 15.4 Å². The second kappa shape index (κ2) is 9.63. The van der Waals surface area contributed by atoms with Crippen LogP contribution in [0.2, 0.25) is 0 Å². The molecule has 1 amide bonds. The van der Waals surface area contributed by atoms with Crippen molar-refractivity contribution in [3.8, 4) is 6.07 Å². The summed E-state index contributed by atoms with van der Waals surface area (Å²) in [6, 6.07) is 7.98. The lowest BCUT2D eigenvalue weighted by Gasteiger charge is -2.09. The van der Waals surface area contributed by atoms with Gasteiger partial charge in [0.1, 0.15) is 11.6 Å². The molecule has 0 aliphatic heterocycles. The lowest BCUT2D eigenvalue weighted by atomic mass is 10.1. The molecule has 0 radical (unpaired) electrons. The van der Waals surface area contributed by atoms with Gasteiger partial charge in [0.15, 0.2) is 0 Å². The van der Waals surface area contributed by atoms with Crippen LogP contribution in [0, 0.1) is 11.3 Å². The monoisotopic (exact) mass is 331 g/mol. The fraction of sp³-hybridized carbons (Fsp3) is 0.250. The van der Waals surface area contributed by atoms with Crippen LogP contribution >= 0.6 is 0 Å². The molecule has 0 saturated heterocycles. The van der Waals surface area contributed by atoms with E-state index in [0.29, 0.717) is 13.0 Å². The molecule has 0 saturated carbocycles. The molecule has 0 atom stereocenters. The lowest BCUT2D eigenvalue weighted by molar-refractivity contribution is -0.137. The third-order valence-corrected chi connectivity index (χ3v) is 2.90. The summed E-state index contributed by atoms with van der Waals surface area (Å²) in [6.07, 6.45) is 1.55. The topological polar surface area (TPSA) is 129 Å². The van der Waals surface area contributed by atoms with Crippen molar-refractivity contribution in [2.24, 2.45) is 0 Å². The van der Waals surface area contributed by atoms with Crippen LogP contribution in [0.1, 0.15) is 23.2 Å². The number of carboxylic acids is 1. The number of nitrogens with one attached hydrogen (secondary N) is 2. The number of anilines is 1. The molecule has 0 spiro atoms. The number of benzene rings is 1. The Morgan fingerprint density at radius 1 is 1.33 bits per heavy atom. The average Bonchev–Trinajstić information content (AvgIpc) is 2.57. The minimum Gasteiger partial charge on any atom is -0.481 e. The number of methoxy groups -OCH3 is 1. The molecule has 0 aliphatic rings. The Hall–Kier alpha value is -3.34. The fourth-order valence-corrected chi connectivity index (χ4v) is 1.73. The summed E-state index contributed by atoms with van der Waals surface area (Å²) >= 11 is 0. The molecule has 1 rings (SSSR count). The molecule has 0 fully saturated rings. The summed E-state index contributed by atoms with van der Waals surface area (Å²) in [4.78, 5) is 34.1. The highest BCUT2D eigenvalue weighted by atomic mass is 16.5. The summed E-state index contributed by atoms with van der Waals surface area (Å²) < 4.78 is 4.63. The minimum absolute atomic E-state index is 0.0125. The van der Waals surface area contributed by atoms with Crippen LogP contribution < -0.4 is 10.6 Å². The second-order valence-corrected chi connectivity index (χ2v) is 4.61. The van der Waals surface area contributed by atoms with Crippen LogP contribution in [0.15, 0.2) is 36.0 Å². The van der Waals surface area contributed by atoms with Gasteiger partial charge in [0.25, 0.3) is 5.91 Å². The van der Waals surface area contributed by atoms with Crippen molar-refractivity contribution < 1.29 is 24.2 Å². The number of hydrogen-bond donors (Lipinski definition) is 3. The molecule has 126 valence electrons. The van der Waals surface area contributed by atoms with E-state index in [4.69, 9.17) is 10.4 Å². The van der Waals surface area contributed by atoms with Crippen molar-refractivity contribution in [2.75, 3.05) is 19.0 Å². The van der Waals surface area contributed by atoms with Crippen molar-refractivity contribution in [3.05, 3.63) is 41.6 Å². The molecule has 1 aromatic carbocycles. The van der Waals surface area contributed by atoms with E-state index in [9.17, 15) is 14.4 Å². The van der Waals surface area contributed by atoms with Gasteiger partial charge in [-0.05, 0) is 18.6 Å². The smallest absolute Gasteiger partial charge is 0.339 e. The van der Waals surface area contributed by atoms with Crippen LogP contribution in [-0.2, 0) is 14.3 Å². The third-order valence-electron chi connectivity index (χ3n) is 2.90. The molecular weight excluding hydrogens is 314 g/mol. The number of nitriles is 1. The summed E-state index contributed by atoms with van der Waals surface area (Å²) in [5.74, 6) is -2.22. The van der Waals surface area contributed by atoms with Crippen LogP contribution in [0.4, 0.5) is 5.69 Å². The predicted octanol–water partition coefficient (Wildman–Crippen LogP) is 1.27. The zero-order valence-electron chi connectivity index (χ0n) is 13.0. The average molecular weight is 331 g/mol. The SMILES string of the molecule is COC(=O)c1ccccc1NC(=O)/C(C#N)=C\NCCCC(=O)O. The zero-order chi connectivity index (χ0) is 17.9. The number of aliphatic carboxylic acids is 1. The second-order valence-electron chi connectivity index (χ2n) is 4.61. The number of nitrogens with zero attached hydrogens (tertiary/aromatic N) is 1. The largest absolute Gasteiger partial charge is 0.481 e. The van der Waals surface area contributed by atoms with Gasteiger partial charge in [-0.3, -0.25) is 9.59 Å². The number of rotatable bonds is 8. The first kappa shape index (κ1) is 18.7. The molecule has 0 bridgehead atoms. The van der Waals surface area contributed by atoms with Gasteiger partial charge in [0, 0.05) is 19.2 Å². The van der Waals surface area contributed by atoms with Crippen molar-refractivity contribution in [2.45, 2.75) is 12.8 Å². The Morgan fingerprint density at radius 2 is 2.04 bits per heavy atom. The van der Waals surface area contributed by atoms with Gasteiger partial charge in [-0.2, -0.15) is 5.26 Å². The number of esters is 1. The van der Waals surface area contributed by atoms with Crippen LogP contribution in [-0.4, -0.2) is 36.6 Å². The molecule has 1 aromatic rings. The Balaban J connectivity index is 2.73. The van der Waals surface area contributed by atoms with Gasteiger partial charge in [-0.15, -0.1) is 0 Å². The summed E-state index contributed by atoms with van der Waals surface area (Å²) in [7, 11) is 1.22. The van der Waals surface area contributed by atoms with Crippen molar-refractivity contribution in [1.29, 1.82) is 5.26 Å². The first-order valence-electron chi connectivity index (χ1n) is 7.03. The number of hydrogen-bond acceptors (Lipinski definition) is 6. The minimum atomic E-state index is -0.918. The Morgan fingerprint density at radius 3 is 2.67 bits per heavy atom. The van der Waals surface area contributed by atoms with Gasteiger partial charge in [0.2, 0.25) is 0 Å². The molecule has 0 unspecified atom stereocenters. The summed E-state index contributed by atoms with van der Waals surface area (Å²) in [5, 5.41) is 22.7. The van der Waals surface area contributed by atoms with Crippen molar-refractivity contribution >= 4 is 23.5 Å². The summed E-state index contributed by atoms with van der Waals surface area (Å²) in [6.45, 7) is 0.309. The maximum atomic E-state index is 12.1. The highest BCUT2D eigenvalue weighted by Crippen LogP contribution is 2.16. The van der Waals surface area contributed by atoms with Crippen LogP contribution in [0.3, 0.4) is 0 Å². The standard InChI is InChI=1S/C16H17N3O5/c1-24-16(23)12-5-2-3-6-13(12)19-15(22)11(9-17)10-18-8-4-7-14(20)21/h2-3,5-6,10,18H,4,7-8H2,1H3,(H,19,22)(H,20,21)/b11-10-. The number of carbonyl (C=O) groups excluding carboxylic acids is 2. The van der Waals surface area contributed by atoms with E-state index in [1.165, 1.54) is 25.4 Å². The molecule has 8 heteroatoms. The van der Waals surface area contributed by atoms with E-state index in [1.54, 1.807) is 18.2 Å². The van der Waals surface area contributed by atoms with Gasteiger partial charge in [-0.25, -0.2) is 4.79 Å². The molecule has 24 heavy (non-hydrogen) atoms. The third kappa shape index (κ3) is 5.81. The lowest BCUT2D eigenvalue weighted by Crippen LogP contribution is -2.19. The van der Waals surface area contributed by atoms with Crippen molar-refractivity contribution in [1.82, 2.24) is 5.32 Å². The van der Waals surface area contributed by atoms with E-state index in [1.807, 2.05) is 0 Å². The first-order valence-corrected chi connectivity index (χ1v) is 7.03. The molecule has 3 N–H and O–H groups in total. The molecule has 0 aliphatic carbocycles. The van der Waals surface area contributed by atoms with Gasteiger partial charge in [0.05, 0.1) is 18.4 Å². The Bertz CT molecular complexity index is 691. The molecular formula is C16H17N3O5. The maximum absolute atomic E-state index is 12.1. The first-order chi connectivity index (χ1) is 11.5. The van der Waals surface area contributed by atoms with Crippen molar-refractivity contribution in [3.63, 3.8) is 0 Å². The normalized spacial score (nSPS) is 10.4. The molecule has 8 nitrogen and oxygen atoms in total. The van der Waals surface area contributed by atoms with E-state index >= 15 is 0 Å². The van der Waals surface area contributed by atoms with Gasteiger partial charge < -0.3 is 20.5 Å². The Kier molecular flexibility index (Phi) is 7.51. The highest BCUT2D eigenvalue weighted by molar-refractivity contribution is 6.09. The summed E-state index contributed by atoms with van der Waals surface area (Å²) in [5.41, 5.74) is 0.187. The number of carbonyl (C=O) groups is 3. The molecule has 0 aromatic heterocycles. The van der Waals surface area contributed by atoms with E-state index in [0.717, 1.165) is 0 Å². The number of ether oxygens (including phenoxy) is 1. The van der Waals surface area contributed by atoms with Crippen LogP contribution in [0.5, 0.6) is 0 Å². The van der Waals surface area contributed by atoms with Crippen LogP contribution in [0.25, 0.3) is 0 Å². The number of para-hydroxylation sites is 1. The van der Waals surface area contributed by atoms with Gasteiger partial charge in [-0.1, -0.05) is 12.1 Å². The highest BCUT2D eigenvalue weighted by Gasteiger charge is 2.15. The van der Waals surface area contributed by atoms with E-state index < -0.39 is 17.8 Å². The molecule has 0 heterocycles. The zero-order valence-corrected chi connectivity index (χ0v) is 13.0. The van der Waals surface area contributed by atoms with Gasteiger partial charge >= 0.3 is 11.9 Å². The quantitative estimate of drug-likeness (QED) is 0.283. The fourth-order valence-electron chi connectivity index (χ4n) is 1.73. The number of amides is 1.